The second-order valence-corrected chi connectivity index (χ2v) is 5.24. The van der Waals surface area contributed by atoms with Crippen LogP contribution < -0.4 is 10.2 Å². The average molecular weight is 332 g/mol. The van der Waals surface area contributed by atoms with Crippen molar-refractivity contribution in [1.82, 2.24) is 9.88 Å². The minimum absolute atomic E-state index is 0.131. The zero-order valence-electron chi connectivity index (χ0n) is 12.6. The molecular weight excluding hydrogens is 318 g/mol. The van der Waals surface area contributed by atoms with Crippen molar-refractivity contribution >= 4 is 23.3 Å². The SMILES string of the molecule is O=C(CN1CCN(c2ccc(F)c(F)c2)C1=O)Nc1cccnc1. The highest BCUT2D eigenvalue weighted by Gasteiger charge is 2.31. The van der Waals surface area contributed by atoms with Crippen molar-refractivity contribution in [2.24, 2.45) is 0 Å². The first kappa shape index (κ1) is 15.9. The summed E-state index contributed by atoms with van der Waals surface area (Å²) in [4.78, 5) is 30.9. The van der Waals surface area contributed by atoms with E-state index in [1.54, 1.807) is 18.3 Å². The summed E-state index contributed by atoms with van der Waals surface area (Å²) >= 11 is 0. The molecule has 1 aliphatic heterocycles. The van der Waals surface area contributed by atoms with E-state index in [4.69, 9.17) is 0 Å². The van der Waals surface area contributed by atoms with Gasteiger partial charge in [0.1, 0.15) is 6.54 Å². The van der Waals surface area contributed by atoms with Gasteiger partial charge in [-0.25, -0.2) is 13.6 Å². The van der Waals surface area contributed by atoms with E-state index >= 15 is 0 Å². The summed E-state index contributed by atoms with van der Waals surface area (Å²) in [6.07, 6.45) is 3.08. The Labute approximate surface area is 136 Å². The van der Waals surface area contributed by atoms with E-state index in [2.05, 4.69) is 10.3 Å². The van der Waals surface area contributed by atoms with E-state index in [9.17, 15) is 18.4 Å². The van der Waals surface area contributed by atoms with Crippen molar-refractivity contribution in [3.8, 4) is 0 Å². The number of anilines is 2. The van der Waals surface area contributed by atoms with Crippen LogP contribution in [0.1, 0.15) is 0 Å². The molecule has 1 aliphatic rings. The molecule has 1 saturated heterocycles. The molecule has 2 heterocycles. The molecule has 8 heteroatoms. The molecule has 0 atom stereocenters. The second-order valence-electron chi connectivity index (χ2n) is 5.24. The fourth-order valence-electron chi connectivity index (χ4n) is 2.43. The Hall–Kier alpha value is -3.03. The van der Waals surface area contributed by atoms with Crippen LogP contribution in [0.2, 0.25) is 0 Å². The summed E-state index contributed by atoms with van der Waals surface area (Å²) in [5.74, 6) is -2.35. The molecule has 1 aromatic carbocycles. The Bertz CT molecular complexity index is 770. The van der Waals surface area contributed by atoms with Crippen LogP contribution in [0.25, 0.3) is 0 Å². The van der Waals surface area contributed by atoms with Crippen molar-refractivity contribution in [3.63, 3.8) is 0 Å². The van der Waals surface area contributed by atoms with E-state index in [-0.39, 0.29) is 18.1 Å². The minimum atomic E-state index is -1.02. The number of urea groups is 1. The van der Waals surface area contributed by atoms with Crippen LogP contribution in [0.3, 0.4) is 0 Å². The Morgan fingerprint density at radius 3 is 2.75 bits per heavy atom. The van der Waals surface area contributed by atoms with Gasteiger partial charge in [0.05, 0.1) is 11.9 Å². The molecule has 0 saturated carbocycles. The predicted octanol–water partition coefficient (Wildman–Crippen LogP) is 2.24. The van der Waals surface area contributed by atoms with Gasteiger partial charge in [0.25, 0.3) is 0 Å². The molecule has 0 spiro atoms. The van der Waals surface area contributed by atoms with Gasteiger partial charge in [0.2, 0.25) is 5.91 Å². The molecule has 24 heavy (non-hydrogen) atoms. The maximum absolute atomic E-state index is 13.3. The number of hydrogen-bond acceptors (Lipinski definition) is 3. The first-order valence-corrected chi connectivity index (χ1v) is 7.26. The van der Waals surface area contributed by atoms with Crippen molar-refractivity contribution < 1.29 is 18.4 Å². The summed E-state index contributed by atoms with van der Waals surface area (Å²) in [5.41, 5.74) is 0.792. The molecule has 124 valence electrons. The normalized spacial score (nSPS) is 14.2. The van der Waals surface area contributed by atoms with Gasteiger partial charge in [-0.1, -0.05) is 0 Å². The number of rotatable bonds is 4. The lowest BCUT2D eigenvalue weighted by molar-refractivity contribution is -0.116. The van der Waals surface area contributed by atoms with Crippen LogP contribution in [0.5, 0.6) is 0 Å². The number of carbonyl (C=O) groups excluding carboxylic acids is 2. The van der Waals surface area contributed by atoms with Gasteiger partial charge in [0, 0.05) is 31.0 Å². The van der Waals surface area contributed by atoms with Crippen molar-refractivity contribution in [2.45, 2.75) is 0 Å². The van der Waals surface area contributed by atoms with Crippen LogP contribution in [0.15, 0.2) is 42.7 Å². The molecule has 1 fully saturated rings. The maximum atomic E-state index is 13.3. The van der Waals surface area contributed by atoms with E-state index in [1.807, 2.05) is 0 Å². The highest BCUT2D eigenvalue weighted by molar-refractivity contribution is 5.99. The Morgan fingerprint density at radius 1 is 1.21 bits per heavy atom. The minimum Gasteiger partial charge on any atom is -0.323 e. The molecule has 0 unspecified atom stereocenters. The van der Waals surface area contributed by atoms with Crippen LogP contribution in [0, 0.1) is 11.6 Å². The Kier molecular flexibility index (Phi) is 4.37. The number of nitrogens with one attached hydrogen (secondary N) is 1. The zero-order valence-corrected chi connectivity index (χ0v) is 12.6. The number of benzene rings is 1. The molecule has 6 nitrogen and oxygen atoms in total. The molecular formula is C16H14F2N4O2. The van der Waals surface area contributed by atoms with Gasteiger partial charge in [-0.3, -0.25) is 14.7 Å². The molecule has 3 amide bonds. The second kappa shape index (κ2) is 6.61. The van der Waals surface area contributed by atoms with Crippen molar-refractivity contribution in [3.05, 3.63) is 54.4 Å². The van der Waals surface area contributed by atoms with Crippen molar-refractivity contribution in [1.29, 1.82) is 0 Å². The largest absolute Gasteiger partial charge is 0.325 e. The average Bonchev–Trinajstić information content (AvgIpc) is 2.92. The number of pyridine rings is 1. The molecule has 1 N–H and O–H groups in total. The third-order valence-corrected chi connectivity index (χ3v) is 3.59. The van der Waals surface area contributed by atoms with E-state index in [0.29, 0.717) is 18.8 Å². The number of halogens is 2. The third kappa shape index (κ3) is 3.32. The first-order valence-electron chi connectivity index (χ1n) is 7.26. The summed E-state index contributed by atoms with van der Waals surface area (Å²) in [6.45, 7) is 0.482. The highest BCUT2D eigenvalue weighted by atomic mass is 19.2. The van der Waals surface area contributed by atoms with Crippen LogP contribution >= 0.6 is 0 Å². The molecule has 0 radical (unpaired) electrons. The van der Waals surface area contributed by atoms with E-state index < -0.39 is 17.7 Å². The number of aromatic nitrogens is 1. The third-order valence-electron chi connectivity index (χ3n) is 3.59. The summed E-state index contributed by atoms with van der Waals surface area (Å²) in [7, 11) is 0. The molecule has 2 aromatic rings. The monoisotopic (exact) mass is 332 g/mol. The van der Waals surface area contributed by atoms with Gasteiger partial charge >= 0.3 is 6.03 Å². The summed E-state index contributed by atoms with van der Waals surface area (Å²) < 4.78 is 26.3. The lowest BCUT2D eigenvalue weighted by Gasteiger charge is -2.18. The van der Waals surface area contributed by atoms with Crippen molar-refractivity contribution in [2.75, 3.05) is 29.9 Å². The van der Waals surface area contributed by atoms with Gasteiger partial charge in [-0.2, -0.15) is 0 Å². The van der Waals surface area contributed by atoms with Gasteiger partial charge in [-0.15, -0.1) is 0 Å². The number of carbonyl (C=O) groups is 2. The number of amides is 3. The van der Waals surface area contributed by atoms with Gasteiger partial charge in [-0.05, 0) is 24.3 Å². The van der Waals surface area contributed by atoms with E-state index in [1.165, 1.54) is 22.1 Å². The van der Waals surface area contributed by atoms with Gasteiger partial charge < -0.3 is 10.2 Å². The van der Waals surface area contributed by atoms with Crippen LogP contribution in [-0.4, -0.2) is 41.5 Å². The van der Waals surface area contributed by atoms with E-state index in [0.717, 1.165) is 12.1 Å². The Morgan fingerprint density at radius 2 is 2.04 bits per heavy atom. The summed E-state index contributed by atoms with van der Waals surface area (Å²) in [5, 5.41) is 2.64. The molecule has 0 aliphatic carbocycles. The maximum Gasteiger partial charge on any atom is 0.325 e. The lowest BCUT2D eigenvalue weighted by Crippen LogP contribution is -2.37. The first-order chi connectivity index (χ1) is 11.5. The fraction of sp³-hybridized carbons (Fsp3) is 0.188. The lowest BCUT2D eigenvalue weighted by atomic mass is 10.3. The molecule has 3 rings (SSSR count). The highest BCUT2D eigenvalue weighted by Crippen LogP contribution is 2.22. The van der Waals surface area contributed by atoms with Crippen LogP contribution in [-0.2, 0) is 4.79 Å². The predicted molar refractivity (Wildman–Crippen MR) is 83.5 cm³/mol. The van der Waals surface area contributed by atoms with Gasteiger partial charge in [0.15, 0.2) is 11.6 Å². The van der Waals surface area contributed by atoms with Crippen LogP contribution in [0.4, 0.5) is 25.0 Å². The quantitative estimate of drug-likeness (QED) is 0.934. The molecule has 0 bridgehead atoms. The smallest absolute Gasteiger partial charge is 0.323 e. The fourth-order valence-corrected chi connectivity index (χ4v) is 2.43. The summed E-state index contributed by atoms with van der Waals surface area (Å²) in [6, 6.07) is 6.20. The number of hydrogen-bond donors (Lipinski definition) is 1. The molecule has 1 aromatic heterocycles. The number of nitrogens with zero attached hydrogens (tertiary/aromatic N) is 3. The standard InChI is InChI=1S/C16H14F2N4O2/c17-13-4-3-12(8-14(13)18)22-7-6-21(16(22)24)10-15(23)20-11-2-1-5-19-9-11/h1-5,8-9H,6-7,10H2,(H,20,23). The Balaban J connectivity index is 1.63. The topological polar surface area (TPSA) is 65.5 Å². The zero-order chi connectivity index (χ0) is 17.1.